The Labute approximate surface area is 246 Å². The molecule has 7 heteroatoms. The molecule has 0 aromatic carbocycles. The molecule has 0 saturated carbocycles. The second kappa shape index (κ2) is 26.7. The molecular formula is C33H62NO6. The quantitative estimate of drug-likeness (QED) is 0.0542. The van der Waals surface area contributed by atoms with Gasteiger partial charge in [0.05, 0.1) is 13.0 Å². The van der Waals surface area contributed by atoms with Crippen molar-refractivity contribution in [3.63, 3.8) is 0 Å². The Morgan fingerprint density at radius 1 is 0.700 bits per heavy atom. The maximum atomic E-state index is 12.4. The standard InChI is InChI=1S/C33H62NO6/c1-4-7-9-11-13-17-27-38-33(39-28-18-14-12-10-8-5-2)22-21-31(35)37-29-23-30(6-3)40-32(36)20-19-26-34-24-15-16-25-34/h30,33H,3-29H2,1-2H3. The summed E-state index contributed by atoms with van der Waals surface area (Å²) >= 11 is 0. The van der Waals surface area contributed by atoms with Gasteiger partial charge in [-0.2, -0.15) is 0 Å². The fourth-order valence-electron chi connectivity index (χ4n) is 4.98. The predicted octanol–water partition coefficient (Wildman–Crippen LogP) is 7.79. The van der Waals surface area contributed by atoms with E-state index >= 15 is 0 Å². The second-order valence-electron chi connectivity index (χ2n) is 11.3. The fourth-order valence-corrected chi connectivity index (χ4v) is 4.98. The highest BCUT2D eigenvalue weighted by atomic mass is 16.7. The van der Waals surface area contributed by atoms with Crippen LogP contribution >= 0.6 is 0 Å². The smallest absolute Gasteiger partial charge is 0.306 e. The molecule has 1 atom stereocenters. The minimum Gasteiger partial charge on any atom is -0.466 e. The first-order chi connectivity index (χ1) is 19.6. The summed E-state index contributed by atoms with van der Waals surface area (Å²) in [4.78, 5) is 27.0. The number of carbonyl (C=O) groups is 2. The monoisotopic (exact) mass is 568 g/mol. The summed E-state index contributed by atoms with van der Waals surface area (Å²) in [5.74, 6) is -0.455. The molecule has 1 unspecified atom stereocenters. The van der Waals surface area contributed by atoms with Crippen LogP contribution in [0.4, 0.5) is 0 Å². The molecule has 0 aromatic rings. The zero-order valence-electron chi connectivity index (χ0n) is 26.1. The number of hydrogen-bond donors (Lipinski definition) is 0. The normalized spacial score (nSPS) is 14.6. The lowest BCUT2D eigenvalue weighted by atomic mass is 10.1. The number of unbranched alkanes of at least 4 members (excludes halogenated alkanes) is 10. The Balaban J connectivity index is 2.24. The maximum Gasteiger partial charge on any atom is 0.306 e. The van der Waals surface area contributed by atoms with Gasteiger partial charge in [-0.1, -0.05) is 78.1 Å². The van der Waals surface area contributed by atoms with E-state index in [9.17, 15) is 9.59 Å². The van der Waals surface area contributed by atoms with Crippen molar-refractivity contribution in [1.82, 2.24) is 4.90 Å². The first-order valence-corrected chi connectivity index (χ1v) is 16.7. The van der Waals surface area contributed by atoms with Crippen LogP contribution in [0.3, 0.4) is 0 Å². The van der Waals surface area contributed by atoms with Crippen LogP contribution in [0.5, 0.6) is 0 Å². The molecule has 1 heterocycles. The molecule has 0 amide bonds. The Morgan fingerprint density at radius 2 is 1.27 bits per heavy atom. The van der Waals surface area contributed by atoms with Gasteiger partial charge in [0, 0.05) is 32.5 Å². The Bertz CT molecular complexity index is 577. The molecule has 0 spiro atoms. The van der Waals surface area contributed by atoms with E-state index in [0.29, 0.717) is 38.9 Å². The molecular weight excluding hydrogens is 506 g/mol. The molecule has 1 fully saturated rings. The van der Waals surface area contributed by atoms with Crippen molar-refractivity contribution in [1.29, 1.82) is 0 Å². The van der Waals surface area contributed by atoms with E-state index in [0.717, 1.165) is 38.9 Å². The number of ether oxygens (including phenoxy) is 4. The minimum absolute atomic E-state index is 0.188. The van der Waals surface area contributed by atoms with Crippen molar-refractivity contribution in [3.05, 3.63) is 6.92 Å². The van der Waals surface area contributed by atoms with Gasteiger partial charge in [0.25, 0.3) is 0 Å². The van der Waals surface area contributed by atoms with E-state index in [1.165, 1.54) is 77.0 Å². The third-order valence-corrected chi connectivity index (χ3v) is 7.56. The molecule has 40 heavy (non-hydrogen) atoms. The summed E-state index contributed by atoms with van der Waals surface area (Å²) in [5, 5.41) is 0. The number of likely N-dealkylation sites (tertiary alicyclic amines) is 1. The Hall–Kier alpha value is -1.18. The summed E-state index contributed by atoms with van der Waals surface area (Å²) in [6.07, 6.45) is 19.3. The molecule has 1 aliphatic heterocycles. The van der Waals surface area contributed by atoms with Gasteiger partial charge in [-0.25, -0.2) is 0 Å². The summed E-state index contributed by atoms with van der Waals surface area (Å²) in [7, 11) is 0. The van der Waals surface area contributed by atoms with Gasteiger partial charge in [-0.15, -0.1) is 0 Å². The molecule has 235 valence electrons. The van der Waals surface area contributed by atoms with Crippen LogP contribution in [-0.4, -0.2) is 68.7 Å². The van der Waals surface area contributed by atoms with Crippen LogP contribution < -0.4 is 0 Å². The highest BCUT2D eigenvalue weighted by Gasteiger charge is 2.17. The maximum absolute atomic E-state index is 12.4. The first-order valence-electron chi connectivity index (χ1n) is 16.7. The van der Waals surface area contributed by atoms with Crippen molar-refractivity contribution in [2.24, 2.45) is 0 Å². The molecule has 0 N–H and O–H groups in total. The third kappa shape index (κ3) is 21.6. The van der Waals surface area contributed by atoms with Gasteiger partial charge < -0.3 is 23.8 Å². The van der Waals surface area contributed by atoms with E-state index in [1.807, 2.05) is 0 Å². The van der Waals surface area contributed by atoms with Gasteiger partial charge >= 0.3 is 11.9 Å². The van der Waals surface area contributed by atoms with Gasteiger partial charge in [0.2, 0.25) is 0 Å². The van der Waals surface area contributed by atoms with E-state index in [-0.39, 0.29) is 37.4 Å². The summed E-state index contributed by atoms with van der Waals surface area (Å²) in [6.45, 7) is 13.1. The molecule has 7 nitrogen and oxygen atoms in total. The SMILES string of the molecule is [CH2]CC(CCOC(=O)CCC(OCCCCCCCC)OCCCCCCCC)OC(=O)CCCN1CCCC1. The largest absolute Gasteiger partial charge is 0.466 e. The number of nitrogens with zero attached hydrogens (tertiary/aromatic N) is 1. The number of carbonyl (C=O) groups excluding carboxylic acids is 2. The van der Waals surface area contributed by atoms with Gasteiger partial charge in [-0.3, -0.25) is 9.59 Å². The average molecular weight is 569 g/mol. The number of rotatable bonds is 28. The highest BCUT2D eigenvalue weighted by Crippen LogP contribution is 2.13. The summed E-state index contributed by atoms with van der Waals surface area (Å²) in [5.41, 5.74) is 0. The van der Waals surface area contributed by atoms with E-state index in [1.54, 1.807) is 0 Å². The lowest BCUT2D eigenvalue weighted by Crippen LogP contribution is -2.24. The third-order valence-electron chi connectivity index (χ3n) is 7.56. The van der Waals surface area contributed by atoms with Crippen molar-refractivity contribution in [2.75, 3.05) is 39.5 Å². The van der Waals surface area contributed by atoms with Crippen molar-refractivity contribution < 1.29 is 28.5 Å². The van der Waals surface area contributed by atoms with Crippen LogP contribution in [0, 0.1) is 6.92 Å². The van der Waals surface area contributed by atoms with Crippen molar-refractivity contribution in [2.45, 2.75) is 155 Å². The van der Waals surface area contributed by atoms with Crippen LogP contribution in [0.2, 0.25) is 0 Å². The summed E-state index contributed by atoms with van der Waals surface area (Å²) in [6, 6.07) is 0. The van der Waals surface area contributed by atoms with E-state index < -0.39 is 0 Å². The second-order valence-corrected chi connectivity index (χ2v) is 11.3. The first kappa shape index (κ1) is 36.8. The number of hydrogen-bond acceptors (Lipinski definition) is 7. The Kier molecular flexibility index (Phi) is 24.6. The molecule has 0 aromatic heterocycles. The van der Waals surface area contributed by atoms with Crippen LogP contribution in [-0.2, 0) is 28.5 Å². The van der Waals surface area contributed by atoms with Gasteiger partial charge in [0.1, 0.15) is 6.10 Å². The predicted molar refractivity (Wildman–Crippen MR) is 162 cm³/mol. The van der Waals surface area contributed by atoms with Crippen LogP contribution in [0.15, 0.2) is 0 Å². The number of esters is 2. The zero-order valence-corrected chi connectivity index (χ0v) is 26.1. The lowest BCUT2D eigenvalue weighted by Gasteiger charge is -2.19. The zero-order chi connectivity index (χ0) is 29.1. The molecule has 1 rings (SSSR count). The van der Waals surface area contributed by atoms with E-state index in [2.05, 4.69) is 25.7 Å². The van der Waals surface area contributed by atoms with Crippen LogP contribution in [0.1, 0.15) is 142 Å². The topological polar surface area (TPSA) is 74.3 Å². The molecule has 0 aliphatic carbocycles. The molecule has 0 bridgehead atoms. The molecule has 1 saturated heterocycles. The average Bonchev–Trinajstić information content (AvgIpc) is 3.47. The fraction of sp³-hybridized carbons (Fsp3) is 0.909. The van der Waals surface area contributed by atoms with Gasteiger partial charge in [0.15, 0.2) is 6.29 Å². The van der Waals surface area contributed by atoms with Crippen molar-refractivity contribution >= 4 is 11.9 Å². The van der Waals surface area contributed by atoms with Crippen LogP contribution in [0.25, 0.3) is 0 Å². The minimum atomic E-state index is -0.368. The highest BCUT2D eigenvalue weighted by molar-refractivity contribution is 5.70. The summed E-state index contributed by atoms with van der Waals surface area (Å²) < 4.78 is 23.0. The Morgan fingerprint density at radius 3 is 1.85 bits per heavy atom. The molecule has 1 aliphatic rings. The van der Waals surface area contributed by atoms with Crippen molar-refractivity contribution in [3.8, 4) is 0 Å². The lowest BCUT2D eigenvalue weighted by molar-refractivity contribution is -0.160. The molecule has 1 radical (unpaired) electrons. The van der Waals surface area contributed by atoms with Gasteiger partial charge in [-0.05, 0) is 65.1 Å². The van der Waals surface area contributed by atoms with E-state index in [4.69, 9.17) is 18.9 Å².